The highest BCUT2D eigenvalue weighted by Gasteiger charge is 2.22. The average molecular weight is 458 g/mol. The smallest absolute Gasteiger partial charge is 0.223 e. The number of nitrogens with zero attached hydrogens (tertiary/aromatic N) is 2. The number of nitrogens with one attached hydrogen (secondary N) is 2. The number of rotatable bonds is 5. The summed E-state index contributed by atoms with van der Waals surface area (Å²) >= 11 is 0. The van der Waals surface area contributed by atoms with Gasteiger partial charge in [-0.1, -0.05) is 24.3 Å². The zero-order chi connectivity index (χ0) is 17.6. The molecule has 1 aromatic rings. The molecule has 0 saturated carbocycles. The largest absolute Gasteiger partial charge is 0.357 e. The van der Waals surface area contributed by atoms with Gasteiger partial charge in [0.2, 0.25) is 5.91 Å². The van der Waals surface area contributed by atoms with Crippen molar-refractivity contribution in [2.75, 3.05) is 13.1 Å². The van der Waals surface area contributed by atoms with Crippen LogP contribution in [0.5, 0.6) is 0 Å². The summed E-state index contributed by atoms with van der Waals surface area (Å²) in [5, 5.41) is 6.59. The van der Waals surface area contributed by atoms with Crippen LogP contribution in [0.25, 0.3) is 0 Å². The predicted octanol–water partition coefficient (Wildman–Crippen LogP) is 3.28. The van der Waals surface area contributed by atoms with Crippen LogP contribution in [0.15, 0.2) is 29.3 Å². The molecule has 6 heteroatoms. The van der Waals surface area contributed by atoms with Gasteiger partial charge in [-0.3, -0.25) is 9.79 Å². The van der Waals surface area contributed by atoms with Crippen LogP contribution >= 0.6 is 24.0 Å². The molecule has 1 aliphatic heterocycles. The number of guanidine groups is 1. The Hall–Kier alpha value is -1.31. The van der Waals surface area contributed by atoms with Crippen LogP contribution in [0.2, 0.25) is 0 Å². The molecule has 0 unspecified atom stereocenters. The molecule has 0 fully saturated rings. The van der Waals surface area contributed by atoms with Gasteiger partial charge in [0.15, 0.2) is 5.96 Å². The molecule has 1 amide bonds. The van der Waals surface area contributed by atoms with E-state index in [2.05, 4.69) is 55.5 Å². The first kappa shape index (κ1) is 21.7. The molecule has 25 heavy (non-hydrogen) atoms. The molecule has 2 rings (SSSR count). The Morgan fingerprint density at radius 3 is 2.32 bits per heavy atom. The van der Waals surface area contributed by atoms with Crippen LogP contribution in [0.1, 0.15) is 51.7 Å². The summed E-state index contributed by atoms with van der Waals surface area (Å²) in [5.74, 6) is 1.03. The van der Waals surface area contributed by atoms with Gasteiger partial charge in [0.1, 0.15) is 0 Å². The van der Waals surface area contributed by atoms with E-state index in [9.17, 15) is 4.79 Å². The number of benzene rings is 1. The first-order valence-electron chi connectivity index (χ1n) is 8.80. The van der Waals surface area contributed by atoms with Crippen molar-refractivity contribution < 1.29 is 4.79 Å². The number of carbonyl (C=O) groups is 1. The first-order chi connectivity index (χ1) is 11.4. The molecule has 140 valence electrons. The van der Waals surface area contributed by atoms with Gasteiger partial charge in [-0.05, 0) is 45.2 Å². The highest BCUT2D eigenvalue weighted by Crippen LogP contribution is 2.22. The Morgan fingerprint density at radius 2 is 1.80 bits per heavy atom. The Labute approximate surface area is 168 Å². The summed E-state index contributed by atoms with van der Waals surface area (Å²) in [6, 6.07) is 8.28. The lowest BCUT2D eigenvalue weighted by Gasteiger charge is -2.23. The van der Waals surface area contributed by atoms with Crippen molar-refractivity contribution in [2.24, 2.45) is 4.99 Å². The number of amides is 1. The van der Waals surface area contributed by atoms with Gasteiger partial charge in [0, 0.05) is 38.1 Å². The van der Waals surface area contributed by atoms with E-state index < -0.39 is 0 Å². The van der Waals surface area contributed by atoms with Gasteiger partial charge in [-0.2, -0.15) is 0 Å². The summed E-state index contributed by atoms with van der Waals surface area (Å²) in [6.45, 7) is 11.3. The van der Waals surface area contributed by atoms with E-state index in [1.165, 1.54) is 11.1 Å². The first-order valence-corrected chi connectivity index (χ1v) is 8.80. The van der Waals surface area contributed by atoms with E-state index in [0.717, 1.165) is 32.0 Å². The van der Waals surface area contributed by atoms with Gasteiger partial charge < -0.3 is 15.5 Å². The quantitative estimate of drug-likeness (QED) is 0.308. The van der Waals surface area contributed by atoms with Crippen molar-refractivity contribution in [1.29, 1.82) is 0 Å². The summed E-state index contributed by atoms with van der Waals surface area (Å²) in [6.07, 6.45) is 1.32. The minimum Gasteiger partial charge on any atom is -0.357 e. The van der Waals surface area contributed by atoms with Crippen molar-refractivity contribution in [1.82, 2.24) is 15.5 Å². The van der Waals surface area contributed by atoms with Crippen LogP contribution in [0.4, 0.5) is 0 Å². The van der Waals surface area contributed by atoms with Gasteiger partial charge in [-0.15, -0.1) is 24.0 Å². The van der Waals surface area contributed by atoms with E-state index in [4.69, 9.17) is 0 Å². The highest BCUT2D eigenvalue weighted by atomic mass is 127. The van der Waals surface area contributed by atoms with E-state index in [1.54, 1.807) is 0 Å². The molecule has 0 bridgehead atoms. The fraction of sp³-hybridized carbons (Fsp3) is 0.579. The second kappa shape index (κ2) is 9.99. The maximum absolute atomic E-state index is 12.4. The Bertz CT molecular complexity index is 570. The number of carbonyl (C=O) groups excluding carboxylic acids is 1. The maximum Gasteiger partial charge on any atom is 0.223 e. The van der Waals surface area contributed by atoms with Crippen molar-refractivity contribution in [3.05, 3.63) is 35.4 Å². The van der Waals surface area contributed by atoms with Gasteiger partial charge in [-0.25, -0.2) is 0 Å². The molecular weight excluding hydrogens is 427 g/mol. The van der Waals surface area contributed by atoms with E-state index in [0.29, 0.717) is 13.0 Å². The lowest BCUT2D eigenvalue weighted by atomic mass is 10.1. The molecule has 2 N–H and O–H groups in total. The maximum atomic E-state index is 12.4. The molecule has 5 nitrogen and oxygen atoms in total. The van der Waals surface area contributed by atoms with E-state index in [1.807, 2.05) is 17.0 Å². The zero-order valence-electron chi connectivity index (χ0n) is 15.8. The highest BCUT2D eigenvalue weighted by molar-refractivity contribution is 14.0. The Kier molecular flexibility index (Phi) is 8.68. The predicted molar refractivity (Wildman–Crippen MR) is 114 cm³/mol. The van der Waals surface area contributed by atoms with Crippen LogP contribution in [-0.2, 0) is 17.9 Å². The van der Waals surface area contributed by atoms with Crippen LogP contribution in [-0.4, -0.2) is 35.4 Å². The molecule has 0 saturated heterocycles. The van der Waals surface area contributed by atoms with E-state index in [-0.39, 0.29) is 35.4 Å². The lowest BCUT2D eigenvalue weighted by molar-refractivity contribution is -0.131. The molecule has 0 aromatic heterocycles. The standard InChI is InChI=1S/C19H30N4O.HI/c1-5-20-18(22-19(2,3)4)21-12-8-11-17(24)23-13-15-9-6-7-10-16(15)14-23;/h6-7,9-10H,5,8,11-14H2,1-4H3,(H2,20,21,22);1H. The zero-order valence-corrected chi connectivity index (χ0v) is 18.1. The van der Waals surface area contributed by atoms with Gasteiger partial charge in [0.05, 0.1) is 0 Å². The minimum absolute atomic E-state index is 0. The molecule has 0 spiro atoms. The monoisotopic (exact) mass is 458 g/mol. The molecule has 1 aliphatic rings. The number of hydrogen-bond donors (Lipinski definition) is 2. The number of hydrogen-bond acceptors (Lipinski definition) is 2. The van der Waals surface area contributed by atoms with Crippen molar-refractivity contribution in [2.45, 2.75) is 59.2 Å². The van der Waals surface area contributed by atoms with E-state index >= 15 is 0 Å². The van der Waals surface area contributed by atoms with Gasteiger partial charge >= 0.3 is 0 Å². The van der Waals surface area contributed by atoms with Crippen molar-refractivity contribution >= 4 is 35.8 Å². The average Bonchev–Trinajstić information content (AvgIpc) is 2.94. The molecule has 1 heterocycles. The lowest BCUT2D eigenvalue weighted by Crippen LogP contribution is -2.47. The van der Waals surface area contributed by atoms with Crippen molar-refractivity contribution in [3.63, 3.8) is 0 Å². The number of aliphatic imine (C=N–C) groups is 1. The van der Waals surface area contributed by atoms with Crippen LogP contribution in [0.3, 0.4) is 0 Å². The summed E-state index contributed by atoms with van der Waals surface area (Å²) in [7, 11) is 0. The number of fused-ring (bicyclic) bond motifs is 1. The minimum atomic E-state index is -0.0296. The third kappa shape index (κ3) is 7.22. The van der Waals surface area contributed by atoms with Gasteiger partial charge in [0.25, 0.3) is 0 Å². The van der Waals surface area contributed by atoms with Crippen molar-refractivity contribution in [3.8, 4) is 0 Å². The molecule has 1 aromatic carbocycles. The van der Waals surface area contributed by atoms with Crippen LogP contribution < -0.4 is 10.6 Å². The number of halogens is 1. The molecule has 0 atom stereocenters. The second-order valence-corrected chi connectivity index (χ2v) is 7.26. The molecule has 0 radical (unpaired) electrons. The summed E-state index contributed by atoms with van der Waals surface area (Å²) in [5.41, 5.74) is 2.51. The summed E-state index contributed by atoms with van der Waals surface area (Å²) < 4.78 is 0. The fourth-order valence-corrected chi connectivity index (χ4v) is 2.75. The second-order valence-electron chi connectivity index (χ2n) is 7.26. The molecular formula is C19H31IN4O. The third-order valence-corrected chi connectivity index (χ3v) is 3.85. The Balaban J connectivity index is 0.00000312. The normalized spacial score (nSPS) is 13.9. The topological polar surface area (TPSA) is 56.7 Å². The Morgan fingerprint density at radius 1 is 1.20 bits per heavy atom. The SMILES string of the molecule is CCNC(=NCCCC(=O)N1Cc2ccccc2C1)NC(C)(C)C.I. The summed E-state index contributed by atoms with van der Waals surface area (Å²) in [4.78, 5) is 18.9. The molecule has 0 aliphatic carbocycles. The van der Waals surface area contributed by atoms with Crippen LogP contribution in [0, 0.1) is 0 Å². The third-order valence-electron chi connectivity index (χ3n) is 3.85. The fourth-order valence-electron chi connectivity index (χ4n) is 2.75.